The van der Waals surface area contributed by atoms with Crippen molar-refractivity contribution in [3.8, 4) is 0 Å². The van der Waals surface area contributed by atoms with Gasteiger partial charge in [0.15, 0.2) is 0 Å². The van der Waals surface area contributed by atoms with Crippen molar-refractivity contribution in [3.05, 3.63) is 76.9 Å². The number of nitrogens with one attached hydrogen (secondary N) is 1. The van der Waals surface area contributed by atoms with Crippen LogP contribution in [0.4, 0.5) is 0 Å². The van der Waals surface area contributed by atoms with Crippen LogP contribution in [-0.4, -0.2) is 28.1 Å². The number of sulfonamides is 1. The first kappa shape index (κ1) is 33.2. The summed E-state index contributed by atoms with van der Waals surface area (Å²) in [4.78, 5) is 0.422. The summed E-state index contributed by atoms with van der Waals surface area (Å²) in [7, 11) is 0.864. The summed E-state index contributed by atoms with van der Waals surface area (Å²) < 4.78 is 30.6. The Morgan fingerprint density at radius 2 is 1.41 bits per heavy atom. The Kier molecular flexibility index (Phi) is 16.4. The van der Waals surface area contributed by atoms with Gasteiger partial charge >= 0.3 is 27.0 Å². The Bertz CT molecular complexity index is 904. The number of nitrogens with zero attached hydrogens (tertiary/aromatic N) is 1. The average Bonchev–Trinajstić information content (AvgIpc) is 2.79. The second-order valence-corrected chi connectivity index (χ2v) is 10.8. The Morgan fingerprint density at radius 1 is 0.882 bits per heavy atom. The fourth-order valence-electron chi connectivity index (χ4n) is 3.68. The minimum atomic E-state index is -3.70. The van der Waals surface area contributed by atoms with Crippen LogP contribution in [0.5, 0.6) is 0 Å². The predicted molar refractivity (Wildman–Crippen MR) is 144 cm³/mol. The van der Waals surface area contributed by atoms with Gasteiger partial charge in [0.2, 0.25) is 0 Å². The van der Waals surface area contributed by atoms with Gasteiger partial charge in [0.1, 0.15) is 10.0 Å². The van der Waals surface area contributed by atoms with Crippen molar-refractivity contribution in [2.75, 3.05) is 19.6 Å². The van der Waals surface area contributed by atoms with E-state index in [4.69, 9.17) is 0 Å². The molecule has 0 unspecified atom stereocenters. The quantitative estimate of drug-likeness (QED) is 0.157. The van der Waals surface area contributed by atoms with E-state index < -0.39 is 10.0 Å². The van der Waals surface area contributed by atoms with E-state index in [0.717, 1.165) is 30.5 Å². The molecule has 2 rings (SSSR count). The molecule has 0 aliphatic rings. The number of halogens is 1. The van der Waals surface area contributed by atoms with Crippen LogP contribution in [0, 0.1) is 7.43 Å². The molecule has 0 aliphatic carbocycles. The first-order valence-electron chi connectivity index (χ1n) is 11.6. The molecule has 192 valence electrons. The standard InChI is InChI=1S/C26H39N2O2S.CH3.ClH.Ru/c1-19(2)23-17-24(20(3)4)26(25(18-23)21(5)6)31(29,30)28-16-15-27-14-10-13-22-11-8-7-9-12-22;;;/h7-9,11-12,17-21,27H,10,13-16H2,1-6H3;1H3;1H;/q2*-1;;+4/p-1. The van der Waals surface area contributed by atoms with Crippen molar-refractivity contribution < 1.29 is 25.7 Å². The summed E-state index contributed by atoms with van der Waals surface area (Å²) in [6, 6.07) is 14.5. The fraction of sp³-hybridized carbons (Fsp3) is 0.519. The number of hydrogen-bond acceptors (Lipinski definition) is 3. The normalized spacial score (nSPS) is 11.4. The van der Waals surface area contributed by atoms with Crippen LogP contribution >= 0.6 is 9.69 Å². The second-order valence-electron chi connectivity index (χ2n) is 9.16. The van der Waals surface area contributed by atoms with Gasteiger partial charge < -0.3 is 17.5 Å². The summed E-state index contributed by atoms with van der Waals surface area (Å²) in [5.74, 6) is 0.586. The van der Waals surface area contributed by atoms with Gasteiger partial charge in [-0.1, -0.05) is 84.0 Å². The number of aryl methyl sites for hydroxylation is 1. The van der Waals surface area contributed by atoms with Crippen LogP contribution in [0.1, 0.15) is 88.0 Å². The Labute approximate surface area is 223 Å². The van der Waals surface area contributed by atoms with E-state index in [1.54, 1.807) is 0 Å². The Balaban J connectivity index is 0.00000353. The van der Waals surface area contributed by atoms with Gasteiger partial charge in [-0.05, 0) is 65.9 Å². The van der Waals surface area contributed by atoms with Gasteiger partial charge in [-0.25, -0.2) is 8.42 Å². The van der Waals surface area contributed by atoms with E-state index in [-0.39, 0.29) is 25.8 Å². The van der Waals surface area contributed by atoms with Crippen molar-refractivity contribution >= 4 is 19.7 Å². The average molecular weight is 595 g/mol. The van der Waals surface area contributed by atoms with E-state index >= 15 is 0 Å². The third kappa shape index (κ3) is 10.5. The monoisotopic (exact) mass is 595 g/mol. The van der Waals surface area contributed by atoms with Crippen molar-refractivity contribution in [2.24, 2.45) is 0 Å². The predicted octanol–water partition coefficient (Wildman–Crippen LogP) is 7.48. The van der Waals surface area contributed by atoms with Crippen LogP contribution in [0.15, 0.2) is 47.4 Å². The van der Waals surface area contributed by atoms with Crippen LogP contribution in [0.3, 0.4) is 0 Å². The number of benzene rings is 2. The van der Waals surface area contributed by atoms with Gasteiger partial charge in [0.05, 0.1) is 4.90 Å². The van der Waals surface area contributed by atoms with Crippen LogP contribution in [0.25, 0.3) is 4.72 Å². The summed E-state index contributed by atoms with van der Waals surface area (Å²) in [5.41, 5.74) is 4.28. The van der Waals surface area contributed by atoms with Gasteiger partial charge in [-0.2, -0.15) is 0 Å². The topological polar surface area (TPSA) is 60.3 Å². The molecule has 0 fully saturated rings. The molecule has 0 bridgehead atoms. The van der Waals surface area contributed by atoms with E-state index in [1.165, 1.54) is 11.1 Å². The van der Waals surface area contributed by atoms with Crippen molar-refractivity contribution in [3.63, 3.8) is 0 Å². The molecule has 0 amide bonds. The molecule has 7 heteroatoms. The number of rotatable bonds is 12. The molecule has 4 nitrogen and oxygen atoms in total. The SMILES string of the molecule is CC(C)c1cc(C(C)C)c(S(=O)(=O)[N-]CCNCCCc2ccccc2)c(C(C)C)c1.[CH3-].[Cl][Ru+3]. The van der Waals surface area contributed by atoms with Crippen LogP contribution < -0.4 is 5.32 Å². The molecule has 0 saturated carbocycles. The summed E-state index contributed by atoms with van der Waals surface area (Å²) >= 11 is 1.82. The Morgan fingerprint density at radius 3 is 1.88 bits per heavy atom. The van der Waals surface area contributed by atoms with E-state index in [1.807, 2.05) is 23.4 Å². The van der Waals surface area contributed by atoms with Gasteiger partial charge in [0.25, 0.3) is 0 Å². The first-order chi connectivity index (χ1) is 15.6. The molecule has 0 atom stereocenters. The van der Waals surface area contributed by atoms with Crippen LogP contribution in [-0.2, 0) is 33.8 Å². The van der Waals surface area contributed by atoms with Crippen LogP contribution in [0.2, 0.25) is 0 Å². The third-order valence-electron chi connectivity index (χ3n) is 5.55. The molecule has 2 aromatic rings. The second kappa shape index (κ2) is 16.8. The molecular weight excluding hydrogens is 553 g/mol. The van der Waals surface area contributed by atoms with E-state index in [0.29, 0.717) is 17.4 Å². The summed E-state index contributed by atoms with van der Waals surface area (Å²) in [6.45, 7) is 14.2. The summed E-state index contributed by atoms with van der Waals surface area (Å²) in [6.07, 6.45) is 2.03. The molecule has 0 saturated heterocycles. The molecule has 34 heavy (non-hydrogen) atoms. The van der Waals surface area contributed by atoms with Crippen molar-refractivity contribution in [1.82, 2.24) is 5.32 Å². The van der Waals surface area contributed by atoms with Gasteiger partial charge in [-0.15, -0.1) is 6.54 Å². The fourth-order valence-corrected chi connectivity index (χ4v) is 5.33. The third-order valence-corrected chi connectivity index (χ3v) is 7.06. The Hall–Kier alpha value is -0.777. The molecule has 1 N–H and O–H groups in total. The van der Waals surface area contributed by atoms with Gasteiger partial charge in [0, 0.05) is 0 Å². The number of hydrogen-bond donors (Lipinski definition) is 1. The molecule has 0 aliphatic heterocycles. The van der Waals surface area contributed by atoms with E-state index in [2.05, 4.69) is 97.7 Å². The maximum absolute atomic E-state index is 13.2. The maximum atomic E-state index is 13.2. The molecule has 0 aromatic heterocycles. The summed E-state index contributed by atoms with van der Waals surface area (Å²) in [5, 5.41) is 3.32. The van der Waals surface area contributed by atoms with Crippen molar-refractivity contribution in [2.45, 2.75) is 77.0 Å². The zero-order valence-electron chi connectivity index (χ0n) is 21.7. The first-order valence-corrected chi connectivity index (χ1v) is 15.3. The molecule has 2 aromatic carbocycles. The minimum absolute atomic E-state index is 0. The zero-order valence-corrected chi connectivity index (χ0v) is 25.0. The molecule has 0 spiro atoms. The zero-order chi connectivity index (χ0) is 25.0. The van der Waals surface area contributed by atoms with E-state index in [9.17, 15) is 8.42 Å². The van der Waals surface area contributed by atoms with Crippen molar-refractivity contribution in [1.29, 1.82) is 0 Å². The molecule has 0 radical (unpaired) electrons. The molecule has 0 heterocycles. The molecular formula is C27H42ClN2O2RuS+. The van der Waals surface area contributed by atoms with Gasteiger partial charge in [-0.3, -0.25) is 0 Å².